The molecule has 0 spiro atoms. The number of aliphatic carboxylic acids is 1. The Morgan fingerprint density at radius 3 is 2.49 bits per heavy atom. The molecule has 2 aliphatic heterocycles. The van der Waals surface area contributed by atoms with Crippen molar-refractivity contribution in [1.82, 2.24) is 14.8 Å². The van der Waals surface area contributed by atoms with Gasteiger partial charge in [0.2, 0.25) is 5.91 Å². The summed E-state index contributed by atoms with van der Waals surface area (Å²) in [7, 11) is 0. The van der Waals surface area contributed by atoms with Crippen LogP contribution in [0.4, 0.5) is 0 Å². The van der Waals surface area contributed by atoms with Crippen molar-refractivity contribution < 1.29 is 24.2 Å². The predicted molar refractivity (Wildman–Crippen MR) is 138 cm³/mol. The van der Waals surface area contributed by atoms with Crippen LogP contribution in [0.5, 0.6) is 5.75 Å². The van der Waals surface area contributed by atoms with Crippen LogP contribution in [0.25, 0.3) is 10.9 Å². The van der Waals surface area contributed by atoms with Crippen LogP contribution in [0, 0.1) is 17.8 Å². The number of amides is 2. The molecule has 1 aliphatic carbocycles. The molecule has 1 aromatic heterocycles. The number of piperidine rings is 1. The van der Waals surface area contributed by atoms with Crippen molar-refractivity contribution in [3.8, 4) is 5.75 Å². The van der Waals surface area contributed by atoms with Crippen LogP contribution in [-0.4, -0.2) is 70.0 Å². The molecule has 2 aromatic carbocycles. The summed E-state index contributed by atoms with van der Waals surface area (Å²) >= 11 is 6.07. The molecule has 2 amide bonds. The summed E-state index contributed by atoms with van der Waals surface area (Å²) in [5.41, 5.74) is 2.26. The van der Waals surface area contributed by atoms with E-state index in [1.165, 1.54) is 0 Å². The van der Waals surface area contributed by atoms with Crippen LogP contribution < -0.4 is 4.74 Å². The van der Waals surface area contributed by atoms with Crippen molar-refractivity contribution in [3.63, 3.8) is 0 Å². The molecule has 3 fully saturated rings. The number of nitrogens with one attached hydrogen (secondary N) is 1. The summed E-state index contributed by atoms with van der Waals surface area (Å²) in [4.78, 5) is 45.3. The average Bonchev–Trinajstić information content (AvgIpc) is 3.46. The summed E-state index contributed by atoms with van der Waals surface area (Å²) in [5, 5.41) is 11.5. The first kappa shape index (κ1) is 23.9. The second-order valence-electron chi connectivity index (χ2n) is 10.4. The molecule has 37 heavy (non-hydrogen) atoms. The van der Waals surface area contributed by atoms with Gasteiger partial charge in [-0.1, -0.05) is 17.7 Å². The first-order valence-corrected chi connectivity index (χ1v) is 13.1. The first-order valence-electron chi connectivity index (χ1n) is 12.7. The van der Waals surface area contributed by atoms with Crippen molar-refractivity contribution in [1.29, 1.82) is 0 Å². The van der Waals surface area contributed by atoms with Crippen LogP contribution in [-0.2, 0) is 16.0 Å². The molecule has 3 atom stereocenters. The molecular weight excluding hydrogens is 494 g/mol. The number of halogens is 1. The van der Waals surface area contributed by atoms with Gasteiger partial charge in [-0.05, 0) is 66.6 Å². The Kier molecular flexibility index (Phi) is 6.07. The normalized spacial score (nSPS) is 23.2. The van der Waals surface area contributed by atoms with Crippen molar-refractivity contribution in [2.75, 3.05) is 26.2 Å². The SMILES string of the molecule is O=C(O)C1CN(C(=O)Cc2c[nH]c3cc(Cl)ccc23)CC2CN(C(=O)c3ccc(OC4CC4)cc3)CC21. The van der Waals surface area contributed by atoms with Gasteiger partial charge in [-0.2, -0.15) is 0 Å². The number of likely N-dealkylation sites (tertiary alicyclic amines) is 2. The molecule has 0 radical (unpaired) electrons. The Morgan fingerprint density at radius 1 is 1.00 bits per heavy atom. The maximum atomic E-state index is 13.3. The van der Waals surface area contributed by atoms with Crippen LogP contribution in [0.15, 0.2) is 48.7 Å². The average molecular weight is 522 g/mol. The van der Waals surface area contributed by atoms with E-state index in [0.717, 1.165) is 35.1 Å². The Bertz CT molecular complexity index is 1370. The fraction of sp³-hybridized carbons (Fsp3) is 0.393. The highest BCUT2D eigenvalue weighted by Gasteiger charge is 2.48. The summed E-state index contributed by atoms with van der Waals surface area (Å²) in [6.07, 6.45) is 4.40. The van der Waals surface area contributed by atoms with Gasteiger partial charge in [0.1, 0.15) is 5.75 Å². The number of hydrogen-bond donors (Lipinski definition) is 2. The maximum absolute atomic E-state index is 13.3. The standard InChI is InChI=1S/C28H28ClN3O5/c29-19-3-8-22-17(11-30-25(22)10-19)9-26(33)31-12-18-13-32(14-23(18)24(15-31)28(35)36)27(34)16-1-4-20(5-2-16)37-21-6-7-21/h1-5,8,10-11,18,21,23-24,30H,6-7,9,12-15H2,(H,35,36). The minimum absolute atomic E-state index is 0.0815. The number of rotatable bonds is 6. The summed E-state index contributed by atoms with van der Waals surface area (Å²) in [6, 6.07) is 12.6. The fourth-order valence-corrected chi connectivity index (χ4v) is 5.90. The zero-order chi connectivity index (χ0) is 25.7. The first-order chi connectivity index (χ1) is 17.9. The van der Waals surface area contributed by atoms with Gasteiger partial charge in [0.25, 0.3) is 5.91 Å². The predicted octanol–water partition coefficient (Wildman–Crippen LogP) is 3.84. The summed E-state index contributed by atoms with van der Waals surface area (Å²) in [5.74, 6) is -1.38. The monoisotopic (exact) mass is 521 g/mol. The Labute approximate surface area is 219 Å². The highest BCUT2D eigenvalue weighted by molar-refractivity contribution is 6.31. The van der Waals surface area contributed by atoms with Crippen molar-refractivity contribution >= 4 is 40.3 Å². The number of carboxylic acids is 1. The maximum Gasteiger partial charge on any atom is 0.308 e. The van der Waals surface area contributed by atoms with Crippen molar-refractivity contribution in [3.05, 3.63) is 64.8 Å². The third kappa shape index (κ3) is 4.78. The molecule has 2 saturated heterocycles. The van der Waals surface area contributed by atoms with Gasteiger partial charge in [-0.15, -0.1) is 0 Å². The van der Waals surface area contributed by atoms with E-state index < -0.39 is 11.9 Å². The molecule has 3 unspecified atom stereocenters. The smallest absolute Gasteiger partial charge is 0.308 e. The quantitative estimate of drug-likeness (QED) is 0.513. The molecule has 6 rings (SSSR count). The number of H-pyrrole nitrogens is 1. The number of aromatic nitrogens is 1. The number of ether oxygens (including phenoxy) is 1. The molecule has 3 aliphatic rings. The fourth-order valence-electron chi connectivity index (χ4n) is 5.72. The molecule has 2 N–H and O–H groups in total. The number of aromatic amines is 1. The number of fused-ring (bicyclic) bond motifs is 2. The summed E-state index contributed by atoms with van der Waals surface area (Å²) in [6.45, 7) is 1.41. The molecule has 8 nitrogen and oxygen atoms in total. The van der Waals surface area contributed by atoms with E-state index in [4.69, 9.17) is 16.3 Å². The van der Waals surface area contributed by atoms with Gasteiger partial charge >= 0.3 is 5.97 Å². The third-order valence-corrected chi connectivity index (χ3v) is 8.07. The number of nitrogens with zero attached hydrogens (tertiary/aromatic N) is 2. The summed E-state index contributed by atoms with van der Waals surface area (Å²) < 4.78 is 5.77. The minimum Gasteiger partial charge on any atom is -0.490 e. The van der Waals surface area contributed by atoms with E-state index in [1.54, 1.807) is 34.2 Å². The second kappa shape index (κ2) is 9.41. The molecule has 3 heterocycles. The highest BCUT2D eigenvalue weighted by Crippen LogP contribution is 2.37. The van der Waals surface area contributed by atoms with Crippen LogP contribution >= 0.6 is 11.6 Å². The zero-order valence-corrected chi connectivity index (χ0v) is 21.0. The van der Waals surface area contributed by atoms with E-state index in [1.807, 2.05) is 24.3 Å². The van der Waals surface area contributed by atoms with Gasteiger partial charge in [-0.3, -0.25) is 14.4 Å². The van der Waals surface area contributed by atoms with Gasteiger partial charge in [-0.25, -0.2) is 0 Å². The molecular formula is C28H28ClN3O5. The van der Waals surface area contributed by atoms with Crippen LogP contribution in [0.2, 0.25) is 5.02 Å². The van der Waals surface area contributed by atoms with Crippen molar-refractivity contribution in [2.24, 2.45) is 17.8 Å². The van der Waals surface area contributed by atoms with Crippen molar-refractivity contribution in [2.45, 2.75) is 25.4 Å². The third-order valence-electron chi connectivity index (χ3n) is 7.84. The van der Waals surface area contributed by atoms with Gasteiger partial charge in [0, 0.05) is 53.9 Å². The number of carbonyl (C=O) groups is 3. The van der Waals surface area contributed by atoms with Gasteiger partial charge in [0.05, 0.1) is 18.4 Å². The zero-order valence-electron chi connectivity index (χ0n) is 20.2. The largest absolute Gasteiger partial charge is 0.490 e. The Morgan fingerprint density at radius 2 is 1.76 bits per heavy atom. The van der Waals surface area contributed by atoms with E-state index >= 15 is 0 Å². The molecule has 0 bridgehead atoms. The molecule has 3 aromatic rings. The number of hydrogen-bond acceptors (Lipinski definition) is 4. The van der Waals surface area contributed by atoms with Crippen LogP contribution in [0.1, 0.15) is 28.8 Å². The van der Waals surface area contributed by atoms with E-state index in [-0.39, 0.29) is 42.7 Å². The minimum atomic E-state index is -0.926. The lowest BCUT2D eigenvalue weighted by Gasteiger charge is -2.38. The molecule has 192 valence electrons. The van der Waals surface area contributed by atoms with E-state index in [9.17, 15) is 19.5 Å². The topological polar surface area (TPSA) is 103 Å². The molecule has 9 heteroatoms. The highest BCUT2D eigenvalue weighted by atomic mass is 35.5. The lowest BCUT2D eigenvalue weighted by molar-refractivity contribution is -0.149. The Hall–Kier alpha value is -3.52. The second-order valence-corrected chi connectivity index (χ2v) is 10.8. The van der Waals surface area contributed by atoms with Gasteiger partial charge < -0.3 is 24.6 Å². The number of benzene rings is 2. The Balaban J connectivity index is 1.15. The lowest BCUT2D eigenvalue weighted by Crippen LogP contribution is -2.51. The van der Waals surface area contributed by atoms with Gasteiger partial charge in [0.15, 0.2) is 0 Å². The van der Waals surface area contributed by atoms with E-state index in [0.29, 0.717) is 30.2 Å². The van der Waals surface area contributed by atoms with Crippen LogP contribution in [0.3, 0.4) is 0 Å². The lowest BCUT2D eigenvalue weighted by atomic mass is 9.79. The molecule has 1 saturated carbocycles. The van der Waals surface area contributed by atoms with E-state index in [2.05, 4.69) is 4.98 Å². The number of carbonyl (C=O) groups excluding carboxylic acids is 2. The number of carboxylic acid groups (broad SMARTS) is 1.